The first-order chi connectivity index (χ1) is 9.08. The van der Waals surface area contributed by atoms with Crippen molar-refractivity contribution >= 4 is 5.97 Å². The van der Waals surface area contributed by atoms with E-state index in [9.17, 15) is 4.79 Å². The van der Waals surface area contributed by atoms with Crippen LogP contribution in [0.4, 0.5) is 0 Å². The lowest BCUT2D eigenvalue weighted by Crippen LogP contribution is -2.28. The molecule has 0 heterocycles. The minimum atomic E-state index is -0.245. The highest BCUT2D eigenvalue weighted by molar-refractivity contribution is 5.89. The summed E-state index contributed by atoms with van der Waals surface area (Å²) in [4.78, 5) is 12.1. The van der Waals surface area contributed by atoms with Crippen molar-refractivity contribution in [3.8, 4) is 5.75 Å². The number of benzene rings is 1. The topological polar surface area (TPSA) is 35.5 Å². The molecule has 2 rings (SSSR count). The van der Waals surface area contributed by atoms with Gasteiger partial charge in [-0.1, -0.05) is 19.9 Å². The Kier molecular flexibility index (Phi) is 4.46. The fourth-order valence-corrected chi connectivity index (χ4v) is 2.94. The van der Waals surface area contributed by atoms with Gasteiger partial charge >= 0.3 is 5.97 Å². The van der Waals surface area contributed by atoms with E-state index in [4.69, 9.17) is 9.47 Å². The molecule has 1 saturated carbocycles. The molecule has 1 aromatic rings. The van der Waals surface area contributed by atoms with Crippen LogP contribution in [0, 0.1) is 11.8 Å². The number of carbonyl (C=O) groups excluding carboxylic acids is 1. The fourth-order valence-electron chi connectivity index (χ4n) is 2.94. The molecular formula is C16H22O3. The predicted molar refractivity (Wildman–Crippen MR) is 74.4 cm³/mol. The van der Waals surface area contributed by atoms with Gasteiger partial charge in [0, 0.05) is 0 Å². The van der Waals surface area contributed by atoms with E-state index in [0.29, 0.717) is 23.1 Å². The molecule has 0 radical (unpaired) electrons. The summed E-state index contributed by atoms with van der Waals surface area (Å²) in [6.45, 7) is 4.45. The second kappa shape index (κ2) is 6.09. The van der Waals surface area contributed by atoms with Crippen molar-refractivity contribution in [3.63, 3.8) is 0 Å². The summed E-state index contributed by atoms with van der Waals surface area (Å²) in [5, 5.41) is 0. The molecule has 1 aromatic carbocycles. The maximum absolute atomic E-state index is 12.1. The Hall–Kier alpha value is -1.51. The van der Waals surface area contributed by atoms with Gasteiger partial charge in [-0.15, -0.1) is 0 Å². The van der Waals surface area contributed by atoms with Gasteiger partial charge in [-0.3, -0.25) is 0 Å². The van der Waals surface area contributed by atoms with Crippen molar-refractivity contribution in [2.24, 2.45) is 11.8 Å². The Morgan fingerprint density at radius 3 is 2.47 bits per heavy atom. The molecule has 0 aliphatic heterocycles. The van der Waals surface area contributed by atoms with Gasteiger partial charge in [0.05, 0.1) is 12.7 Å². The van der Waals surface area contributed by atoms with E-state index in [1.54, 1.807) is 19.2 Å². The fraction of sp³-hybridized carbons (Fsp3) is 0.562. The summed E-state index contributed by atoms with van der Waals surface area (Å²) in [5.41, 5.74) is 0.560. The van der Waals surface area contributed by atoms with E-state index in [-0.39, 0.29) is 12.1 Å². The van der Waals surface area contributed by atoms with Crippen LogP contribution in [-0.4, -0.2) is 19.2 Å². The molecule has 0 spiro atoms. The third kappa shape index (κ3) is 3.72. The van der Waals surface area contributed by atoms with E-state index in [1.807, 2.05) is 12.1 Å². The zero-order chi connectivity index (χ0) is 13.8. The maximum Gasteiger partial charge on any atom is 0.338 e. The quantitative estimate of drug-likeness (QED) is 0.779. The Bertz CT molecular complexity index is 431. The number of hydrogen-bond acceptors (Lipinski definition) is 3. The van der Waals surface area contributed by atoms with Crippen LogP contribution in [0.2, 0.25) is 0 Å². The summed E-state index contributed by atoms with van der Waals surface area (Å²) < 4.78 is 10.7. The summed E-state index contributed by atoms with van der Waals surface area (Å²) in [7, 11) is 1.59. The van der Waals surface area contributed by atoms with Crippen molar-refractivity contribution in [2.45, 2.75) is 39.2 Å². The molecule has 19 heavy (non-hydrogen) atoms. The molecule has 104 valence electrons. The van der Waals surface area contributed by atoms with Crippen LogP contribution in [0.5, 0.6) is 5.75 Å². The molecule has 0 N–H and O–H groups in total. The Balaban J connectivity index is 2.00. The second-order valence-electron chi connectivity index (χ2n) is 5.68. The van der Waals surface area contributed by atoms with Crippen LogP contribution in [0.25, 0.3) is 0 Å². The molecular weight excluding hydrogens is 240 g/mol. The van der Waals surface area contributed by atoms with Crippen molar-refractivity contribution in [2.75, 3.05) is 7.11 Å². The van der Waals surface area contributed by atoms with Gasteiger partial charge in [0.1, 0.15) is 11.9 Å². The second-order valence-corrected chi connectivity index (χ2v) is 5.68. The minimum absolute atomic E-state index is 0.0532. The molecule has 1 fully saturated rings. The van der Waals surface area contributed by atoms with Crippen LogP contribution >= 0.6 is 0 Å². The van der Waals surface area contributed by atoms with Gasteiger partial charge in [0.2, 0.25) is 0 Å². The molecule has 0 aromatic heterocycles. The molecule has 0 bridgehead atoms. The summed E-state index contributed by atoms with van der Waals surface area (Å²) >= 11 is 0. The molecule has 0 saturated heterocycles. The number of hydrogen-bond donors (Lipinski definition) is 0. The third-order valence-corrected chi connectivity index (χ3v) is 3.71. The first kappa shape index (κ1) is 13.9. The molecule has 2 unspecified atom stereocenters. The van der Waals surface area contributed by atoms with Gasteiger partial charge < -0.3 is 9.47 Å². The van der Waals surface area contributed by atoms with Crippen LogP contribution in [-0.2, 0) is 4.74 Å². The van der Waals surface area contributed by atoms with E-state index in [1.165, 1.54) is 6.42 Å². The first-order valence-corrected chi connectivity index (χ1v) is 6.93. The zero-order valence-corrected chi connectivity index (χ0v) is 11.9. The average molecular weight is 262 g/mol. The van der Waals surface area contributed by atoms with Gasteiger partial charge in [0.25, 0.3) is 0 Å². The Morgan fingerprint density at radius 2 is 1.84 bits per heavy atom. The summed E-state index contributed by atoms with van der Waals surface area (Å²) in [5.74, 6) is 1.70. The number of esters is 1. The minimum Gasteiger partial charge on any atom is -0.497 e. The highest BCUT2D eigenvalue weighted by atomic mass is 16.5. The number of carbonyl (C=O) groups is 1. The zero-order valence-electron chi connectivity index (χ0n) is 11.9. The van der Waals surface area contributed by atoms with E-state index >= 15 is 0 Å². The third-order valence-electron chi connectivity index (χ3n) is 3.71. The van der Waals surface area contributed by atoms with Crippen molar-refractivity contribution < 1.29 is 14.3 Å². The standard InChI is InChI=1S/C16H22O3/c1-11-7-12(2)9-15(8-11)19-16(17)13-5-4-6-14(10-13)18-3/h4-6,10-12,15H,7-9H2,1-3H3. The molecule has 0 amide bonds. The van der Waals surface area contributed by atoms with Crippen LogP contribution in [0.1, 0.15) is 43.5 Å². The maximum atomic E-state index is 12.1. The molecule has 1 aliphatic carbocycles. The van der Waals surface area contributed by atoms with Crippen LogP contribution < -0.4 is 4.74 Å². The van der Waals surface area contributed by atoms with E-state index in [0.717, 1.165) is 12.8 Å². The average Bonchev–Trinajstić information content (AvgIpc) is 2.37. The smallest absolute Gasteiger partial charge is 0.338 e. The molecule has 3 nitrogen and oxygen atoms in total. The normalized spacial score (nSPS) is 26.8. The lowest BCUT2D eigenvalue weighted by atomic mass is 9.82. The highest BCUT2D eigenvalue weighted by Gasteiger charge is 2.27. The number of methoxy groups -OCH3 is 1. The van der Waals surface area contributed by atoms with Gasteiger partial charge in [0.15, 0.2) is 0 Å². The van der Waals surface area contributed by atoms with Crippen LogP contribution in [0.15, 0.2) is 24.3 Å². The molecule has 3 heteroatoms. The Labute approximate surface area is 114 Å². The predicted octanol–water partition coefficient (Wildman–Crippen LogP) is 3.68. The van der Waals surface area contributed by atoms with Crippen molar-refractivity contribution in [1.29, 1.82) is 0 Å². The van der Waals surface area contributed by atoms with Gasteiger partial charge in [-0.2, -0.15) is 0 Å². The van der Waals surface area contributed by atoms with Gasteiger partial charge in [-0.25, -0.2) is 4.79 Å². The summed E-state index contributed by atoms with van der Waals surface area (Å²) in [6.07, 6.45) is 3.23. The Morgan fingerprint density at radius 1 is 1.16 bits per heavy atom. The van der Waals surface area contributed by atoms with E-state index < -0.39 is 0 Å². The van der Waals surface area contributed by atoms with Crippen molar-refractivity contribution in [3.05, 3.63) is 29.8 Å². The number of ether oxygens (including phenoxy) is 2. The molecule has 1 aliphatic rings. The lowest BCUT2D eigenvalue weighted by Gasteiger charge is -2.31. The SMILES string of the molecule is COc1cccc(C(=O)OC2CC(C)CC(C)C2)c1. The first-order valence-electron chi connectivity index (χ1n) is 6.93. The highest BCUT2D eigenvalue weighted by Crippen LogP contribution is 2.30. The molecule has 2 atom stereocenters. The largest absolute Gasteiger partial charge is 0.497 e. The van der Waals surface area contributed by atoms with E-state index in [2.05, 4.69) is 13.8 Å². The monoisotopic (exact) mass is 262 g/mol. The van der Waals surface area contributed by atoms with Crippen molar-refractivity contribution in [1.82, 2.24) is 0 Å². The van der Waals surface area contributed by atoms with Gasteiger partial charge in [-0.05, 0) is 49.3 Å². The number of rotatable bonds is 3. The lowest BCUT2D eigenvalue weighted by molar-refractivity contribution is 0.00803. The summed E-state index contributed by atoms with van der Waals surface area (Å²) in [6, 6.07) is 7.11. The van der Waals surface area contributed by atoms with Crippen LogP contribution in [0.3, 0.4) is 0 Å².